The molecule has 1 aromatic carbocycles. The Morgan fingerprint density at radius 3 is 2.80 bits per heavy atom. The Morgan fingerprint density at radius 1 is 1.20 bits per heavy atom. The summed E-state index contributed by atoms with van der Waals surface area (Å²) in [7, 11) is 1.70. The predicted octanol–water partition coefficient (Wildman–Crippen LogP) is 3.58. The quantitative estimate of drug-likeness (QED) is 0.820. The molecule has 0 amide bonds. The highest BCUT2D eigenvalue weighted by Gasteiger charge is 2.14. The molecular weight excluding hydrogens is 266 g/mol. The Balaban J connectivity index is 1.43. The lowest BCUT2D eigenvalue weighted by atomic mass is 10.1. The summed E-state index contributed by atoms with van der Waals surface area (Å²) in [5.74, 6) is 0.926. The number of ether oxygens (including phenoxy) is 1. The molecule has 2 nitrogen and oxygen atoms in total. The number of aryl methyl sites for hydroxylation is 2. The molecule has 0 saturated carbocycles. The van der Waals surface area contributed by atoms with Gasteiger partial charge in [-0.15, -0.1) is 11.3 Å². The topological polar surface area (TPSA) is 21.3 Å². The molecule has 0 unspecified atom stereocenters. The van der Waals surface area contributed by atoms with Gasteiger partial charge in [0.1, 0.15) is 5.75 Å². The Kier molecular flexibility index (Phi) is 4.38. The smallest absolute Gasteiger partial charge is 0.118 e. The number of benzene rings is 1. The molecule has 20 heavy (non-hydrogen) atoms. The van der Waals surface area contributed by atoms with Gasteiger partial charge in [0.15, 0.2) is 0 Å². The number of nitrogens with one attached hydrogen (secondary N) is 1. The fourth-order valence-electron chi connectivity index (χ4n) is 2.71. The van der Waals surface area contributed by atoms with E-state index < -0.39 is 0 Å². The van der Waals surface area contributed by atoms with Crippen molar-refractivity contribution in [1.82, 2.24) is 5.32 Å². The van der Waals surface area contributed by atoms with Crippen molar-refractivity contribution in [3.8, 4) is 5.75 Å². The first-order chi connectivity index (χ1) is 9.85. The molecule has 1 heterocycles. The van der Waals surface area contributed by atoms with Crippen LogP contribution in [0.4, 0.5) is 0 Å². The van der Waals surface area contributed by atoms with Gasteiger partial charge >= 0.3 is 0 Å². The Hall–Kier alpha value is -1.32. The first-order valence-corrected chi connectivity index (χ1v) is 8.11. The molecule has 1 aromatic heterocycles. The molecule has 1 aliphatic carbocycles. The van der Waals surface area contributed by atoms with E-state index in [2.05, 4.69) is 23.5 Å². The van der Waals surface area contributed by atoms with Crippen molar-refractivity contribution < 1.29 is 4.74 Å². The van der Waals surface area contributed by atoms with Crippen molar-refractivity contribution in [1.29, 1.82) is 0 Å². The van der Waals surface area contributed by atoms with Crippen molar-refractivity contribution in [2.75, 3.05) is 13.7 Å². The number of hydrogen-bond acceptors (Lipinski definition) is 3. The van der Waals surface area contributed by atoms with E-state index in [1.165, 1.54) is 29.7 Å². The van der Waals surface area contributed by atoms with Gasteiger partial charge in [0.2, 0.25) is 0 Å². The molecule has 1 aliphatic rings. The summed E-state index contributed by atoms with van der Waals surface area (Å²) in [4.78, 5) is 3.11. The summed E-state index contributed by atoms with van der Waals surface area (Å²) in [6.07, 6.45) is 5.00. The van der Waals surface area contributed by atoms with Crippen LogP contribution in [0.2, 0.25) is 0 Å². The molecule has 0 atom stereocenters. The third-order valence-corrected chi connectivity index (χ3v) is 5.08. The zero-order valence-corrected chi connectivity index (χ0v) is 12.8. The van der Waals surface area contributed by atoms with E-state index in [1.54, 1.807) is 17.6 Å². The highest BCUT2D eigenvalue weighted by Crippen LogP contribution is 2.30. The lowest BCUT2D eigenvalue weighted by Crippen LogP contribution is -2.15. The molecule has 2 aromatic rings. The van der Waals surface area contributed by atoms with Gasteiger partial charge in [0, 0.05) is 16.3 Å². The molecule has 106 valence electrons. The highest BCUT2D eigenvalue weighted by atomic mass is 32.1. The van der Waals surface area contributed by atoms with Gasteiger partial charge < -0.3 is 10.1 Å². The van der Waals surface area contributed by atoms with E-state index in [0.717, 1.165) is 25.3 Å². The van der Waals surface area contributed by atoms with Crippen LogP contribution in [0.5, 0.6) is 5.75 Å². The van der Waals surface area contributed by atoms with Crippen molar-refractivity contribution in [2.24, 2.45) is 0 Å². The molecule has 0 radical (unpaired) electrons. The summed E-state index contributed by atoms with van der Waals surface area (Å²) >= 11 is 1.99. The molecular formula is C17H21NOS. The van der Waals surface area contributed by atoms with E-state index in [0.29, 0.717) is 0 Å². The van der Waals surface area contributed by atoms with Crippen molar-refractivity contribution >= 4 is 11.3 Å². The molecule has 0 aliphatic heterocycles. The van der Waals surface area contributed by atoms with Gasteiger partial charge in [-0.05, 0) is 61.6 Å². The molecule has 0 spiro atoms. The van der Waals surface area contributed by atoms with Crippen molar-refractivity contribution in [2.45, 2.75) is 32.2 Å². The van der Waals surface area contributed by atoms with E-state index in [1.807, 2.05) is 23.5 Å². The third kappa shape index (κ3) is 3.22. The lowest BCUT2D eigenvalue weighted by Gasteiger charge is -2.05. The van der Waals surface area contributed by atoms with Crippen LogP contribution in [0.3, 0.4) is 0 Å². The molecule has 3 heteroatoms. The second-order valence-corrected chi connectivity index (χ2v) is 6.51. The summed E-state index contributed by atoms with van der Waals surface area (Å²) < 4.78 is 5.17. The fourth-order valence-corrected chi connectivity index (χ4v) is 3.94. The average molecular weight is 287 g/mol. The van der Waals surface area contributed by atoms with E-state index in [4.69, 9.17) is 4.74 Å². The number of thiophene rings is 1. The number of hydrogen-bond donors (Lipinski definition) is 1. The van der Waals surface area contributed by atoms with E-state index in [-0.39, 0.29) is 0 Å². The fraction of sp³-hybridized carbons (Fsp3) is 0.412. The molecule has 0 bridgehead atoms. The van der Waals surface area contributed by atoms with E-state index >= 15 is 0 Å². The number of methoxy groups -OCH3 is 1. The van der Waals surface area contributed by atoms with Gasteiger partial charge in [-0.2, -0.15) is 0 Å². The van der Waals surface area contributed by atoms with Crippen LogP contribution in [0.25, 0.3) is 0 Å². The van der Waals surface area contributed by atoms with Crippen LogP contribution in [-0.4, -0.2) is 13.7 Å². The van der Waals surface area contributed by atoms with Crippen LogP contribution in [0.15, 0.2) is 30.3 Å². The summed E-state index contributed by atoms with van der Waals surface area (Å²) in [6, 6.07) is 10.7. The van der Waals surface area contributed by atoms with Gasteiger partial charge in [-0.25, -0.2) is 0 Å². The second-order valence-electron chi connectivity index (χ2n) is 5.29. The predicted molar refractivity (Wildman–Crippen MR) is 84.7 cm³/mol. The van der Waals surface area contributed by atoms with E-state index in [9.17, 15) is 0 Å². The summed E-state index contributed by atoms with van der Waals surface area (Å²) in [5.41, 5.74) is 2.95. The molecule has 1 N–H and O–H groups in total. The highest BCUT2D eigenvalue weighted by molar-refractivity contribution is 7.12. The average Bonchev–Trinajstić information content (AvgIpc) is 3.05. The van der Waals surface area contributed by atoms with Crippen molar-refractivity contribution in [3.63, 3.8) is 0 Å². The summed E-state index contributed by atoms with van der Waals surface area (Å²) in [6.45, 7) is 2.03. The normalized spacial score (nSPS) is 13.4. The molecule has 0 saturated heterocycles. The monoisotopic (exact) mass is 287 g/mol. The van der Waals surface area contributed by atoms with Crippen LogP contribution in [0, 0.1) is 0 Å². The minimum atomic E-state index is 0.926. The standard InChI is InChI=1S/C17H21NOS/c1-19-15-7-5-13(6-8-15)9-10-18-12-16-11-14-3-2-4-17(14)20-16/h5-8,11,18H,2-4,9-10,12H2,1H3. The lowest BCUT2D eigenvalue weighted by molar-refractivity contribution is 0.414. The van der Waals surface area contributed by atoms with Crippen LogP contribution < -0.4 is 10.1 Å². The van der Waals surface area contributed by atoms with Crippen molar-refractivity contribution in [3.05, 3.63) is 51.2 Å². The van der Waals surface area contributed by atoms with Gasteiger partial charge in [0.05, 0.1) is 7.11 Å². The van der Waals surface area contributed by atoms with Gasteiger partial charge in [-0.3, -0.25) is 0 Å². The molecule has 0 fully saturated rings. The third-order valence-electron chi connectivity index (χ3n) is 3.85. The van der Waals surface area contributed by atoms with Gasteiger partial charge in [-0.1, -0.05) is 12.1 Å². The number of fused-ring (bicyclic) bond motifs is 1. The second kappa shape index (κ2) is 6.42. The minimum absolute atomic E-state index is 0.926. The Morgan fingerprint density at radius 2 is 2.05 bits per heavy atom. The maximum absolute atomic E-state index is 5.17. The maximum Gasteiger partial charge on any atom is 0.118 e. The summed E-state index contributed by atoms with van der Waals surface area (Å²) in [5, 5.41) is 3.55. The number of rotatable bonds is 6. The molecule has 3 rings (SSSR count). The van der Waals surface area contributed by atoms with Crippen LogP contribution in [-0.2, 0) is 25.8 Å². The van der Waals surface area contributed by atoms with Gasteiger partial charge in [0.25, 0.3) is 0 Å². The first-order valence-electron chi connectivity index (χ1n) is 7.29. The zero-order chi connectivity index (χ0) is 13.8. The minimum Gasteiger partial charge on any atom is -0.497 e. The van der Waals surface area contributed by atoms with Crippen LogP contribution >= 0.6 is 11.3 Å². The Labute approximate surface area is 124 Å². The largest absolute Gasteiger partial charge is 0.497 e. The maximum atomic E-state index is 5.17. The van der Waals surface area contributed by atoms with Crippen LogP contribution in [0.1, 0.15) is 27.3 Å². The zero-order valence-electron chi connectivity index (χ0n) is 11.9. The first kappa shape index (κ1) is 13.7. The Bertz CT molecular complexity index is 537. The SMILES string of the molecule is COc1ccc(CCNCc2cc3c(s2)CCC3)cc1.